The minimum absolute atomic E-state index is 0.0821. The largest absolute Gasteiger partial charge is 0.508 e. The topological polar surface area (TPSA) is 62.2 Å². The lowest BCUT2D eigenvalue weighted by Crippen LogP contribution is -2.25. The number of benzene rings is 1. The maximum Gasteiger partial charge on any atom is 0.220 e. The normalized spacial score (nSPS) is 10.7. The van der Waals surface area contributed by atoms with Crippen molar-refractivity contribution in [2.45, 2.75) is 19.3 Å². The predicted octanol–water partition coefficient (Wildman–Crippen LogP) is 3.87. The van der Waals surface area contributed by atoms with Crippen LogP contribution in [0.15, 0.2) is 47.2 Å². The van der Waals surface area contributed by atoms with Crippen LogP contribution >= 0.6 is 22.7 Å². The standard InChI is InChI=1S/C18H18N2O2S2/c21-14-5-3-13(4-6-14)16-12-24-18(20-16)9-10-19-17(22)8-7-15-2-1-11-23-15/h1-6,11-12,21H,7-10H2,(H,19,22). The summed E-state index contributed by atoms with van der Waals surface area (Å²) in [7, 11) is 0. The Morgan fingerprint density at radius 2 is 1.96 bits per heavy atom. The van der Waals surface area contributed by atoms with Crippen molar-refractivity contribution in [2.75, 3.05) is 6.54 Å². The van der Waals surface area contributed by atoms with Gasteiger partial charge in [0.05, 0.1) is 10.7 Å². The van der Waals surface area contributed by atoms with E-state index in [1.54, 1.807) is 34.8 Å². The Bertz CT molecular complexity index is 780. The van der Waals surface area contributed by atoms with Crippen LogP contribution in [0.5, 0.6) is 5.75 Å². The van der Waals surface area contributed by atoms with Crippen LogP contribution in [0.25, 0.3) is 11.3 Å². The molecule has 0 saturated heterocycles. The Labute approximate surface area is 148 Å². The van der Waals surface area contributed by atoms with E-state index in [0.29, 0.717) is 13.0 Å². The summed E-state index contributed by atoms with van der Waals surface area (Å²) in [6.45, 7) is 0.603. The molecule has 1 aromatic carbocycles. The number of thiazole rings is 1. The summed E-state index contributed by atoms with van der Waals surface area (Å²) in [6.07, 6.45) is 2.05. The summed E-state index contributed by atoms with van der Waals surface area (Å²) in [5, 5.41) is 17.3. The molecule has 2 N–H and O–H groups in total. The molecule has 2 heterocycles. The van der Waals surface area contributed by atoms with Gasteiger partial charge in [-0.3, -0.25) is 4.79 Å². The fraction of sp³-hybridized carbons (Fsp3) is 0.222. The molecular formula is C18H18N2O2S2. The van der Waals surface area contributed by atoms with Crippen LogP contribution in [-0.4, -0.2) is 22.5 Å². The number of hydrogen-bond acceptors (Lipinski definition) is 5. The first-order valence-electron chi connectivity index (χ1n) is 7.73. The van der Waals surface area contributed by atoms with Gasteiger partial charge in [-0.25, -0.2) is 4.98 Å². The van der Waals surface area contributed by atoms with Crippen LogP contribution in [0.3, 0.4) is 0 Å². The van der Waals surface area contributed by atoms with Gasteiger partial charge in [0.2, 0.25) is 5.91 Å². The number of hydrogen-bond donors (Lipinski definition) is 2. The van der Waals surface area contributed by atoms with E-state index in [-0.39, 0.29) is 11.7 Å². The maximum absolute atomic E-state index is 11.8. The summed E-state index contributed by atoms with van der Waals surface area (Å²) in [5.41, 5.74) is 1.88. The van der Waals surface area contributed by atoms with Crippen LogP contribution in [0.4, 0.5) is 0 Å². The molecule has 4 nitrogen and oxygen atoms in total. The van der Waals surface area contributed by atoms with Gasteiger partial charge in [-0.2, -0.15) is 0 Å². The minimum atomic E-state index is 0.0821. The maximum atomic E-state index is 11.8. The van der Waals surface area contributed by atoms with E-state index in [1.807, 2.05) is 29.0 Å². The summed E-state index contributed by atoms with van der Waals surface area (Å²) in [4.78, 5) is 17.7. The fourth-order valence-electron chi connectivity index (χ4n) is 2.28. The molecule has 0 atom stereocenters. The number of rotatable bonds is 7. The molecule has 0 fully saturated rings. The molecule has 3 rings (SSSR count). The molecule has 0 spiro atoms. The van der Waals surface area contributed by atoms with Gasteiger partial charge in [-0.1, -0.05) is 6.07 Å². The first-order chi connectivity index (χ1) is 11.7. The lowest BCUT2D eigenvalue weighted by atomic mass is 10.2. The van der Waals surface area contributed by atoms with E-state index in [1.165, 1.54) is 4.88 Å². The molecule has 0 radical (unpaired) electrons. The summed E-state index contributed by atoms with van der Waals surface area (Å²) in [6, 6.07) is 11.1. The van der Waals surface area contributed by atoms with Crippen LogP contribution in [0, 0.1) is 0 Å². The number of aromatic hydroxyl groups is 1. The molecule has 24 heavy (non-hydrogen) atoms. The van der Waals surface area contributed by atoms with Crippen LogP contribution in [0.1, 0.15) is 16.3 Å². The number of aryl methyl sites for hydroxylation is 1. The van der Waals surface area contributed by atoms with Gasteiger partial charge in [0, 0.05) is 35.2 Å². The third-order valence-corrected chi connectivity index (χ3v) is 5.40. The highest BCUT2D eigenvalue weighted by molar-refractivity contribution is 7.10. The molecule has 3 aromatic rings. The Morgan fingerprint density at radius 3 is 2.71 bits per heavy atom. The zero-order valence-corrected chi connectivity index (χ0v) is 14.7. The Hall–Kier alpha value is -2.18. The minimum Gasteiger partial charge on any atom is -0.508 e. The molecule has 0 aliphatic rings. The van der Waals surface area contributed by atoms with Crippen molar-refractivity contribution in [2.24, 2.45) is 0 Å². The molecule has 124 valence electrons. The number of nitrogens with zero attached hydrogens (tertiary/aromatic N) is 1. The first kappa shape index (κ1) is 16.7. The van der Waals surface area contributed by atoms with E-state index >= 15 is 0 Å². The number of aromatic nitrogens is 1. The second kappa shape index (κ2) is 8.08. The van der Waals surface area contributed by atoms with E-state index in [2.05, 4.69) is 16.4 Å². The number of phenolic OH excluding ortho intramolecular Hbond substituents is 1. The van der Waals surface area contributed by atoms with Crippen molar-refractivity contribution in [1.29, 1.82) is 0 Å². The molecule has 2 aromatic heterocycles. The zero-order chi connectivity index (χ0) is 16.8. The van der Waals surface area contributed by atoms with E-state index in [4.69, 9.17) is 0 Å². The Morgan fingerprint density at radius 1 is 1.12 bits per heavy atom. The van der Waals surface area contributed by atoms with Crippen molar-refractivity contribution in [1.82, 2.24) is 10.3 Å². The highest BCUT2D eigenvalue weighted by Crippen LogP contribution is 2.23. The van der Waals surface area contributed by atoms with Crippen LogP contribution in [0.2, 0.25) is 0 Å². The average Bonchev–Trinajstić information content (AvgIpc) is 3.25. The molecule has 1 amide bonds. The Balaban J connectivity index is 1.43. The van der Waals surface area contributed by atoms with E-state index in [9.17, 15) is 9.90 Å². The number of thiophene rings is 1. The first-order valence-corrected chi connectivity index (χ1v) is 9.49. The predicted molar refractivity (Wildman–Crippen MR) is 98.6 cm³/mol. The smallest absolute Gasteiger partial charge is 0.220 e. The quantitative estimate of drug-likeness (QED) is 0.674. The molecule has 0 unspecified atom stereocenters. The SMILES string of the molecule is O=C(CCc1cccs1)NCCc1nc(-c2ccc(O)cc2)cs1. The molecule has 0 aliphatic carbocycles. The van der Waals surface area contributed by atoms with Crippen LogP contribution < -0.4 is 5.32 Å². The van der Waals surface area contributed by atoms with Crippen molar-refractivity contribution in [3.05, 3.63) is 57.0 Å². The third-order valence-electron chi connectivity index (χ3n) is 3.55. The number of nitrogens with one attached hydrogen (secondary N) is 1. The molecule has 0 saturated carbocycles. The van der Waals surface area contributed by atoms with Crippen molar-refractivity contribution >= 4 is 28.6 Å². The second-order valence-corrected chi connectivity index (χ2v) is 7.33. The van der Waals surface area contributed by atoms with Crippen LogP contribution in [-0.2, 0) is 17.6 Å². The lowest BCUT2D eigenvalue weighted by Gasteiger charge is -2.03. The van der Waals surface area contributed by atoms with E-state index < -0.39 is 0 Å². The number of amides is 1. The fourth-order valence-corrected chi connectivity index (χ4v) is 3.80. The monoisotopic (exact) mass is 358 g/mol. The second-order valence-electron chi connectivity index (χ2n) is 5.35. The van der Waals surface area contributed by atoms with Gasteiger partial charge in [0.25, 0.3) is 0 Å². The van der Waals surface area contributed by atoms with Gasteiger partial charge < -0.3 is 10.4 Å². The third kappa shape index (κ3) is 4.66. The summed E-state index contributed by atoms with van der Waals surface area (Å²) in [5.74, 6) is 0.332. The Kier molecular flexibility index (Phi) is 5.61. The van der Waals surface area contributed by atoms with Crippen molar-refractivity contribution < 1.29 is 9.90 Å². The van der Waals surface area contributed by atoms with Crippen molar-refractivity contribution in [3.63, 3.8) is 0 Å². The highest BCUT2D eigenvalue weighted by atomic mass is 32.1. The number of carbonyl (C=O) groups is 1. The van der Waals surface area contributed by atoms with Gasteiger partial charge in [-0.15, -0.1) is 22.7 Å². The average molecular weight is 358 g/mol. The van der Waals surface area contributed by atoms with Gasteiger partial charge in [-0.05, 0) is 42.1 Å². The number of phenols is 1. The summed E-state index contributed by atoms with van der Waals surface area (Å²) < 4.78 is 0. The van der Waals surface area contributed by atoms with Gasteiger partial charge in [0.1, 0.15) is 5.75 Å². The molecule has 6 heteroatoms. The van der Waals surface area contributed by atoms with Crippen molar-refractivity contribution in [3.8, 4) is 17.0 Å². The molecular weight excluding hydrogens is 340 g/mol. The molecule has 0 bridgehead atoms. The van der Waals surface area contributed by atoms with E-state index in [0.717, 1.165) is 29.1 Å². The van der Waals surface area contributed by atoms with Gasteiger partial charge >= 0.3 is 0 Å². The summed E-state index contributed by atoms with van der Waals surface area (Å²) >= 11 is 3.27. The zero-order valence-electron chi connectivity index (χ0n) is 13.1. The van der Waals surface area contributed by atoms with Gasteiger partial charge in [0.15, 0.2) is 0 Å². The molecule has 0 aliphatic heterocycles. The number of carbonyl (C=O) groups excluding carboxylic acids is 1. The lowest BCUT2D eigenvalue weighted by molar-refractivity contribution is -0.121. The highest BCUT2D eigenvalue weighted by Gasteiger charge is 2.06.